The average molecular weight is 192 g/mol. The van der Waals surface area contributed by atoms with Crippen LogP contribution in [0.1, 0.15) is 34.3 Å². The molecular formula is C11H12O3. The van der Waals surface area contributed by atoms with Gasteiger partial charge in [-0.15, -0.1) is 0 Å². The summed E-state index contributed by atoms with van der Waals surface area (Å²) in [5.41, 5.74) is 1.92. The summed E-state index contributed by atoms with van der Waals surface area (Å²) in [6, 6.07) is 3.71. The Balaban J connectivity index is 2.67. The number of phenolic OH excluding ortho intramolecular Hbond substituents is 1. The molecule has 14 heavy (non-hydrogen) atoms. The van der Waals surface area contributed by atoms with E-state index in [-0.39, 0.29) is 11.7 Å². The number of aryl methyl sites for hydroxylation is 1. The molecule has 1 N–H and O–H groups in total. The molecule has 1 atom stereocenters. The SMILES string of the molecule is Cc1ccc2c(c1O)C(=O)OC[C@H]2C. The quantitative estimate of drug-likeness (QED) is 0.639. The zero-order valence-corrected chi connectivity index (χ0v) is 8.20. The van der Waals surface area contributed by atoms with E-state index in [1.54, 1.807) is 6.92 Å². The van der Waals surface area contributed by atoms with Crippen LogP contribution in [0.5, 0.6) is 5.75 Å². The van der Waals surface area contributed by atoms with Crippen molar-refractivity contribution >= 4 is 5.97 Å². The van der Waals surface area contributed by atoms with Crippen molar-refractivity contribution in [2.24, 2.45) is 0 Å². The van der Waals surface area contributed by atoms with Crippen molar-refractivity contribution in [3.8, 4) is 5.75 Å². The minimum absolute atomic E-state index is 0.0547. The molecule has 1 heterocycles. The smallest absolute Gasteiger partial charge is 0.342 e. The molecule has 0 saturated heterocycles. The van der Waals surface area contributed by atoms with Gasteiger partial charge in [-0.1, -0.05) is 19.1 Å². The lowest BCUT2D eigenvalue weighted by atomic mass is 9.92. The molecule has 0 aliphatic carbocycles. The largest absolute Gasteiger partial charge is 0.507 e. The van der Waals surface area contributed by atoms with Gasteiger partial charge in [0, 0.05) is 5.92 Å². The number of phenols is 1. The van der Waals surface area contributed by atoms with E-state index < -0.39 is 5.97 Å². The number of benzene rings is 1. The second kappa shape index (κ2) is 3.01. The highest BCUT2D eigenvalue weighted by Crippen LogP contribution is 2.34. The van der Waals surface area contributed by atoms with E-state index in [1.165, 1.54) is 0 Å². The van der Waals surface area contributed by atoms with Crippen molar-refractivity contribution in [3.05, 3.63) is 28.8 Å². The third-order valence-electron chi connectivity index (χ3n) is 2.61. The van der Waals surface area contributed by atoms with Crippen molar-refractivity contribution in [2.45, 2.75) is 19.8 Å². The van der Waals surface area contributed by atoms with Crippen LogP contribution in [0.15, 0.2) is 12.1 Å². The van der Waals surface area contributed by atoms with E-state index >= 15 is 0 Å². The maximum atomic E-state index is 11.4. The van der Waals surface area contributed by atoms with Crippen LogP contribution in [0, 0.1) is 6.92 Å². The average Bonchev–Trinajstić information content (AvgIpc) is 2.16. The van der Waals surface area contributed by atoms with Gasteiger partial charge in [-0.2, -0.15) is 0 Å². The number of aromatic hydroxyl groups is 1. The summed E-state index contributed by atoms with van der Waals surface area (Å²) in [5.74, 6) is -0.201. The predicted octanol–water partition coefficient (Wildman–Crippen LogP) is 1.97. The number of carbonyl (C=O) groups is 1. The number of ether oxygens (including phenoxy) is 1. The summed E-state index contributed by atoms with van der Waals surface area (Å²) in [6.07, 6.45) is 0. The van der Waals surface area contributed by atoms with Crippen molar-refractivity contribution in [1.82, 2.24) is 0 Å². The van der Waals surface area contributed by atoms with Gasteiger partial charge in [-0.05, 0) is 18.1 Å². The third-order valence-corrected chi connectivity index (χ3v) is 2.61. The Morgan fingerprint density at radius 1 is 1.50 bits per heavy atom. The van der Waals surface area contributed by atoms with Gasteiger partial charge in [-0.3, -0.25) is 0 Å². The second-order valence-electron chi connectivity index (χ2n) is 3.69. The Morgan fingerprint density at radius 3 is 2.93 bits per heavy atom. The van der Waals surface area contributed by atoms with Crippen LogP contribution < -0.4 is 0 Å². The Kier molecular flexibility index (Phi) is 1.95. The Bertz CT molecular complexity index is 396. The van der Waals surface area contributed by atoms with Crippen LogP contribution in [0.25, 0.3) is 0 Å². The third kappa shape index (κ3) is 1.16. The molecule has 3 heteroatoms. The van der Waals surface area contributed by atoms with Crippen molar-refractivity contribution in [1.29, 1.82) is 0 Å². The molecule has 74 valence electrons. The van der Waals surface area contributed by atoms with Gasteiger partial charge in [0.15, 0.2) is 0 Å². The minimum Gasteiger partial charge on any atom is -0.507 e. The van der Waals surface area contributed by atoms with E-state index in [0.29, 0.717) is 17.7 Å². The number of hydrogen-bond donors (Lipinski definition) is 1. The molecule has 0 bridgehead atoms. The molecule has 0 aromatic heterocycles. The van der Waals surface area contributed by atoms with E-state index in [4.69, 9.17) is 4.74 Å². The molecular weight excluding hydrogens is 180 g/mol. The number of cyclic esters (lactones) is 1. The summed E-state index contributed by atoms with van der Waals surface area (Å²) in [7, 11) is 0. The lowest BCUT2D eigenvalue weighted by Gasteiger charge is -2.22. The topological polar surface area (TPSA) is 46.5 Å². The fourth-order valence-corrected chi connectivity index (χ4v) is 1.70. The van der Waals surface area contributed by atoms with Crippen LogP contribution in [0.3, 0.4) is 0 Å². The summed E-state index contributed by atoms with van der Waals surface area (Å²) in [6.45, 7) is 4.14. The molecule has 1 aliphatic heterocycles. The van der Waals surface area contributed by atoms with Crippen LogP contribution >= 0.6 is 0 Å². The molecule has 1 aliphatic rings. The van der Waals surface area contributed by atoms with Gasteiger partial charge in [0.2, 0.25) is 0 Å². The van der Waals surface area contributed by atoms with Gasteiger partial charge in [0.05, 0.1) is 6.61 Å². The highest BCUT2D eigenvalue weighted by molar-refractivity contribution is 5.95. The zero-order chi connectivity index (χ0) is 10.3. The molecule has 1 aromatic carbocycles. The van der Waals surface area contributed by atoms with Crippen LogP contribution in [-0.2, 0) is 4.74 Å². The Labute approximate surface area is 82.3 Å². The first-order valence-corrected chi connectivity index (χ1v) is 4.61. The van der Waals surface area contributed by atoms with Gasteiger partial charge in [-0.25, -0.2) is 4.79 Å². The molecule has 0 saturated carbocycles. The van der Waals surface area contributed by atoms with Gasteiger partial charge >= 0.3 is 5.97 Å². The van der Waals surface area contributed by atoms with Crippen molar-refractivity contribution < 1.29 is 14.6 Å². The highest BCUT2D eigenvalue weighted by atomic mass is 16.5. The first-order valence-electron chi connectivity index (χ1n) is 4.61. The van der Waals surface area contributed by atoms with Crippen LogP contribution in [0.2, 0.25) is 0 Å². The maximum absolute atomic E-state index is 11.4. The number of esters is 1. The normalized spacial score (nSPS) is 20.1. The monoisotopic (exact) mass is 192 g/mol. The number of hydrogen-bond acceptors (Lipinski definition) is 3. The first kappa shape index (κ1) is 9.06. The fraction of sp³-hybridized carbons (Fsp3) is 0.364. The molecule has 0 amide bonds. The Morgan fingerprint density at radius 2 is 2.21 bits per heavy atom. The van der Waals surface area contributed by atoms with E-state index in [9.17, 15) is 9.90 Å². The van der Waals surface area contributed by atoms with Gasteiger partial charge in [0.25, 0.3) is 0 Å². The molecule has 3 nitrogen and oxygen atoms in total. The van der Waals surface area contributed by atoms with Crippen LogP contribution in [-0.4, -0.2) is 17.7 Å². The number of fused-ring (bicyclic) bond motifs is 1. The van der Waals surface area contributed by atoms with E-state index in [0.717, 1.165) is 5.56 Å². The van der Waals surface area contributed by atoms with E-state index in [1.807, 2.05) is 19.1 Å². The van der Waals surface area contributed by atoms with Crippen molar-refractivity contribution in [3.63, 3.8) is 0 Å². The number of carbonyl (C=O) groups excluding carboxylic acids is 1. The summed E-state index contributed by atoms with van der Waals surface area (Å²) in [4.78, 5) is 11.4. The lowest BCUT2D eigenvalue weighted by molar-refractivity contribution is 0.0444. The highest BCUT2D eigenvalue weighted by Gasteiger charge is 2.27. The molecule has 1 aromatic rings. The zero-order valence-electron chi connectivity index (χ0n) is 8.20. The molecule has 0 spiro atoms. The first-order chi connectivity index (χ1) is 6.61. The van der Waals surface area contributed by atoms with Gasteiger partial charge in [0.1, 0.15) is 11.3 Å². The maximum Gasteiger partial charge on any atom is 0.342 e. The van der Waals surface area contributed by atoms with Gasteiger partial charge < -0.3 is 9.84 Å². The summed E-state index contributed by atoms with van der Waals surface area (Å²) < 4.78 is 4.95. The summed E-state index contributed by atoms with van der Waals surface area (Å²) >= 11 is 0. The molecule has 2 rings (SSSR count). The summed E-state index contributed by atoms with van der Waals surface area (Å²) in [5, 5.41) is 9.73. The Hall–Kier alpha value is -1.51. The molecule has 0 radical (unpaired) electrons. The molecule has 0 unspecified atom stereocenters. The molecule has 0 fully saturated rings. The fourth-order valence-electron chi connectivity index (χ4n) is 1.70. The predicted molar refractivity (Wildman–Crippen MR) is 51.5 cm³/mol. The van der Waals surface area contributed by atoms with E-state index in [2.05, 4.69) is 0 Å². The second-order valence-corrected chi connectivity index (χ2v) is 3.69. The standard InChI is InChI=1S/C11H12O3/c1-6-3-4-8-7(2)5-14-11(13)9(8)10(6)12/h3-4,7,12H,5H2,1-2H3/t7-/m1/s1. The lowest BCUT2D eigenvalue weighted by Crippen LogP contribution is -2.21. The number of rotatable bonds is 0. The van der Waals surface area contributed by atoms with Crippen molar-refractivity contribution in [2.75, 3.05) is 6.61 Å². The minimum atomic E-state index is -0.417. The van der Waals surface area contributed by atoms with Crippen LogP contribution in [0.4, 0.5) is 0 Å².